The number of nitrogens with one attached hydrogen (secondary N) is 1. The molecule has 2 heterocycles. The molecule has 0 bridgehead atoms. The molecule has 2 rings (SSSR count). The second-order valence-corrected chi connectivity index (χ2v) is 6.69. The number of pyridine rings is 1. The first-order chi connectivity index (χ1) is 9.63. The van der Waals surface area contributed by atoms with E-state index in [0.29, 0.717) is 12.2 Å². The lowest BCUT2D eigenvalue weighted by molar-refractivity contribution is 0.334. The van der Waals surface area contributed by atoms with Crippen LogP contribution >= 0.6 is 0 Å². The van der Waals surface area contributed by atoms with Gasteiger partial charge >= 0.3 is 0 Å². The van der Waals surface area contributed by atoms with E-state index in [1.807, 2.05) is 0 Å². The van der Waals surface area contributed by atoms with Crippen LogP contribution in [0.25, 0.3) is 0 Å². The molecule has 0 atom stereocenters. The molecule has 7 heteroatoms. The van der Waals surface area contributed by atoms with Crippen molar-refractivity contribution >= 4 is 10.0 Å². The molecule has 0 unspecified atom stereocenters. The summed E-state index contributed by atoms with van der Waals surface area (Å²) in [6.45, 7) is 3.77. The minimum Gasteiger partial charge on any atom is -0.325 e. The number of hydrogen-bond acceptors (Lipinski definition) is 5. The Bertz CT molecular complexity index is 527. The van der Waals surface area contributed by atoms with Crippen molar-refractivity contribution in [2.75, 3.05) is 26.2 Å². The van der Waals surface area contributed by atoms with Gasteiger partial charge in [-0.15, -0.1) is 0 Å². The molecule has 1 aromatic heterocycles. The molecule has 1 aliphatic rings. The van der Waals surface area contributed by atoms with Gasteiger partial charge in [0.15, 0.2) is 0 Å². The highest BCUT2D eigenvalue weighted by Gasteiger charge is 2.18. The first-order valence-corrected chi connectivity index (χ1v) is 8.48. The molecular weight excluding hydrogens is 276 g/mol. The minimum atomic E-state index is -3.51. The Hall–Kier alpha value is -1.02. The van der Waals surface area contributed by atoms with E-state index in [-0.39, 0.29) is 11.4 Å². The van der Waals surface area contributed by atoms with Crippen LogP contribution in [0.15, 0.2) is 23.2 Å². The third-order valence-electron chi connectivity index (χ3n) is 3.47. The number of sulfonamides is 1. The van der Waals surface area contributed by atoms with Gasteiger partial charge in [-0.2, -0.15) is 0 Å². The smallest absolute Gasteiger partial charge is 0.242 e. The SMILES string of the molecule is NCc1ncccc1S(=O)(=O)NCCCN1CCCC1. The molecule has 112 valence electrons. The number of nitrogens with two attached hydrogens (primary N) is 1. The van der Waals surface area contributed by atoms with Crippen LogP contribution in [0.3, 0.4) is 0 Å². The van der Waals surface area contributed by atoms with Gasteiger partial charge in [-0.1, -0.05) is 0 Å². The second-order valence-electron chi connectivity index (χ2n) is 4.95. The topological polar surface area (TPSA) is 88.3 Å². The molecule has 1 saturated heterocycles. The zero-order valence-corrected chi connectivity index (χ0v) is 12.4. The Morgan fingerprint density at radius 2 is 2.10 bits per heavy atom. The Morgan fingerprint density at radius 1 is 1.35 bits per heavy atom. The third kappa shape index (κ3) is 3.99. The number of likely N-dealkylation sites (tertiary alicyclic amines) is 1. The Balaban J connectivity index is 1.87. The summed E-state index contributed by atoms with van der Waals surface area (Å²) in [4.78, 5) is 6.55. The molecule has 0 aliphatic carbocycles. The standard InChI is InChI=1S/C13H22N4O2S/c14-11-12-13(5-3-6-15-12)20(18,19)16-7-4-10-17-8-1-2-9-17/h3,5-6,16H,1-2,4,7-11,14H2. The van der Waals surface area contributed by atoms with Crippen LogP contribution in [-0.4, -0.2) is 44.5 Å². The van der Waals surface area contributed by atoms with Gasteiger partial charge < -0.3 is 10.6 Å². The highest BCUT2D eigenvalue weighted by molar-refractivity contribution is 7.89. The van der Waals surface area contributed by atoms with E-state index in [2.05, 4.69) is 14.6 Å². The van der Waals surface area contributed by atoms with Gasteiger partial charge in [0, 0.05) is 19.3 Å². The van der Waals surface area contributed by atoms with Crippen molar-refractivity contribution in [2.24, 2.45) is 5.73 Å². The van der Waals surface area contributed by atoms with E-state index < -0.39 is 10.0 Å². The van der Waals surface area contributed by atoms with Crippen LogP contribution in [0.4, 0.5) is 0 Å². The van der Waals surface area contributed by atoms with Crippen LogP contribution in [0.5, 0.6) is 0 Å². The van der Waals surface area contributed by atoms with Crippen molar-refractivity contribution in [1.29, 1.82) is 0 Å². The quantitative estimate of drug-likeness (QED) is 0.707. The predicted molar refractivity (Wildman–Crippen MR) is 77.6 cm³/mol. The Kier molecular flexibility index (Phi) is 5.47. The van der Waals surface area contributed by atoms with Crippen LogP contribution in [-0.2, 0) is 16.6 Å². The lowest BCUT2D eigenvalue weighted by atomic mass is 10.3. The van der Waals surface area contributed by atoms with Gasteiger partial charge in [0.05, 0.1) is 5.69 Å². The fourth-order valence-corrected chi connectivity index (χ4v) is 3.69. The molecule has 0 spiro atoms. The van der Waals surface area contributed by atoms with Gasteiger partial charge in [0.25, 0.3) is 0 Å². The summed E-state index contributed by atoms with van der Waals surface area (Å²) in [7, 11) is -3.51. The average Bonchev–Trinajstić information content (AvgIpc) is 2.97. The maximum absolute atomic E-state index is 12.2. The summed E-state index contributed by atoms with van der Waals surface area (Å²) >= 11 is 0. The highest BCUT2D eigenvalue weighted by Crippen LogP contribution is 2.12. The number of aromatic nitrogens is 1. The van der Waals surface area contributed by atoms with E-state index in [4.69, 9.17) is 5.73 Å². The van der Waals surface area contributed by atoms with Crippen molar-refractivity contribution in [1.82, 2.24) is 14.6 Å². The molecule has 0 amide bonds. The molecule has 6 nitrogen and oxygen atoms in total. The molecule has 0 saturated carbocycles. The fraction of sp³-hybridized carbons (Fsp3) is 0.615. The largest absolute Gasteiger partial charge is 0.325 e. The molecule has 3 N–H and O–H groups in total. The lowest BCUT2D eigenvalue weighted by Crippen LogP contribution is -2.29. The van der Waals surface area contributed by atoms with Crippen molar-refractivity contribution < 1.29 is 8.42 Å². The van der Waals surface area contributed by atoms with Crippen LogP contribution in [0.1, 0.15) is 25.0 Å². The van der Waals surface area contributed by atoms with E-state index in [1.54, 1.807) is 12.3 Å². The zero-order chi connectivity index (χ0) is 14.4. The normalized spacial score (nSPS) is 16.6. The van der Waals surface area contributed by atoms with Gasteiger partial charge in [-0.25, -0.2) is 13.1 Å². The van der Waals surface area contributed by atoms with E-state index >= 15 is 0 Å². The summed E-state index contributed by atoms with van der Waals surface area (Å²) in [5.41, 5.74) is 5.93. The zero-order valence-electron chi connectivity index (χ0n) is 11.6. The lowest BCUT2D eigenvalue weighted by Gasteiger charge is -2.14. The van der Waals surface area contributed by atoms with Crippen molar-refractivity contribution in [2.45, 2.75) is 30.7 Å². The van der Waals surface area contributed by atoms with Crippen molar-refractivity contribution in [3.8, 4) is 0 Å². The molecule has 20 heavy (non-hydrogen) atoms. The molecule has 1 aliphatic heterocycles. The average molecular weight is 298 g/mol. The summed E-state index contributed by atoms with van der Waals surface area (Å²) in [5.74, 6) is 0. The van der Waals surface area contributed by atoms with E-state index in [9.17, 15) is 8.42 Å². The van der Waals surface area contributed by atoms with Crippen LogP contribution in [0, 0.1) is 0 Å². The number of hydrogen-bond donors (Lipinski definition) is 2. The van der Waals surface area contributed by atoms with Gasteiger partial charge in [0.2, 0.25) is 10.0 Å². The first kappa shape index (κ1) is 15.4. The molecule has 0 aromatic carbocycles. The maximum Gasteiger partial charge on any atom is 0.242 e. The summed E-state index contributed by atoms with van der Waals surface area (Å²) < 4.78 is 27.0. The number of rotatable bonds is 7. The van der Waals surface area contributed by atoms with Crippen molar-refractivity contribution in [3.05, 3.63) is 24.0 Å². The molecule has 0 radical (unpaired) electrons. The predicted octanol–water partition coefficient (Wildman–Crippen LogP) is 0.304. The van der Waals surface area contributed by atoms with Gasteiger partial charge in [-0.3, -0.25) is 4.98 Å². The summed E-state index contributed by atoms with van der Waals surface area (Å²) in [6, 6.07) is 3.15. The maximum atomic E-state index is 12.2. The highest BCUT2D eigenvalue weighted by atomic mass is 32.2. The first-order valence-electron chi connectivity index (χ1n) is 6.99. The fourth-order valence-electron chi connectivity index (χ4n) is 2.41. The third-order valence-corrected chi connectivity index (χ3v) is 5.01. The summed E-state index contributed by atoms with van der Waals surface area (Å²) in [5, 5.41) is 0. The van der Waals surface area contributed by atoms with Crippen LogP contribution in [0.2, 0.25) is 0 Å². The second kappa shape index (κ2) is 7.12. The van der Waals surface area contributed by atoms with E-state index in [1.165, 1.54) is 18.9 Å². The number of nitrogens with zero attached hydrogens (tertiary/aromatic N) is 2. The van der Waals surface area contributed by atoms with E-state index in [0.717, 1.165) is 26.1 Å². The molecule has 1 aromatic rings. The molecular formula is C13H22N4O2S. The minimum absolute atomic E-state index is 0.116. The van der Waals surface area contributed by atoms with Crippen LogP contribution < -0.4 is 10.5 Å². The van der Waals surface area contributed by atoms with Gasteiger partial charge in [0.1, 0.15) is 4.90 Å². The Labute approximate surface area is 120 Å². The monoisotopic (exact) mass is 298 g/mol. The molecule has 1 fully saturated rings. The summed E-state index contributed by atoms with van der Waals surface area (Å²) in [6.07, 6.45) is 4.87. The van der Waals surface area contributed by atoms with Gasteiger partial charge in [-0.05, 0) is 51.0 Å². The Morgan fingerprint density at radius 3 is 2.80 bits per heavy atom. The van der Waals surface area contributed by atoms with Crippen molar-refractivity contribution in [3.63, 3.8) is 0 Å².